The Bertz CT molecular complexity index is 1660. The summed E-state index contributed by atoms with van der Waals surface area (Å²) in [5.41, 5.74) is 15.9. The minimum Gasteiger partial charge on any atom is -0.468 e. The van der Waals surface area contributed by atoms with Gasteiger partial charge in [0.05, 0.1) is 18.2 Å². The largest absolute Gasteiger partial charge is 0.468 e. The summed E-state index contributed by atoms with van der Waals surface area (Å²) < 4.78 is 4.94. The number of allylic oxidation sites excluding steroid dienone is 1. The number of hydrazine groups is 1. The number of hydrogen-bond acceptors (Lipinski definition) is 7. The van der Waals surface area contributed by atoms with E-state index in [2.05, 4.69) is 46.7 Å². The Balaban J connectivity index is 1.44. The van der Waals surface area contributed by atoms with Crippen LogP contribution in [0, 0.1) is 0 Å². The third kappa shape index (κ3) is 5.09. The Morgan fingerprint density at radius 1 is 1.05 bits per heavy atom. The number of esters is 1. The summed E-state index contributed by atoms with van der Waals surface area (Å²) >= 11 is 6.53. The minimum absolute atomic E-state index is 0.0686. The topological polar surface area (TPSA) is 106 Å². The third-order valence-corrected chi connectivity index (χ3v) is 9.70. The zero-order valence-corrected chi connectivity index (χ0v) is 25.6. The van der Waals surface area contributed by atoms with Gasteiger partial charge in [0.2, 0.25) is 0 Å². The highest BCUT2D eigenvalue weighted by molar-refractivity contribution is 6.30. The van der Waals surface area contributed by atoms with Gasteiger partial charge in [-0.15, -0.1) is 0 Å². The van der Waals surface area contributed by atoms with Crippen LogP contribution in [0.2, 0.25) is 5.02 Å². The maximum absolute atomic E-state index is 14.8. The second-order valence-corrected chi connectivity index (χ2v) is 12.4. The predicted molar refractivity (Wildman–Crippen MR) is 174 cm³/mol. The van der Waals surface area contributed by atoms with Crippen molar-refractivity contribution in [2.45, 2.75) is 61.4 Å². The molecule has 0 radical (unpaired) electrons. The lowest BCUT2D eigenvalue weighted by atomic mass is 9.67. The average molecular weight is 609 g/mol. The zero-order chi connectivity index (χ0) is 30.9. The molecular formula is C36H37ClN4O3. The van der Waals surface area contributed by atoms with Gasteiger partial charge < -0.3 is 15.9 Å². The SMILES string of the molecule is C=C(C(=O)C1=CNNC1(c1ccc(C2CCCCC2)cc1)c1cccc(Cl)c1)C1(C[C@H](N)C(=O)OC)C=Nc2ccccc21. The molecule has 7 nitrogen and oxygen atoms in total. The normalized spacial score (nSPS) is 23.4. The molecule has 3 aromatic carbocycles. The molecule has 0 aromatic heterocycles. The van der Waals surface area contributed by atoms with Gasteiger partial charge in [0.1, 0.15) is 11.6 Å². The van der Waals surface area contributed by atoms with Crippen molar-refractivity contribution < 1.29 is 14.3 Å². The summed E-state index contributed by atoms with van der Waals surface area (Å²) in [6, 6.07) is 22.6. The van der Waals surface area contributed by atoms with Gasteiger partial charge in [-0.1, -0.05) is 92.0 Å². The van der Waals surface area contributed by atoms with Gasteiger partial charge in [-0.3, -0.25) is 14.6 Å². The highest BCUT2D eigenvalue weighted by atomic mass is 35.5. The number of halogens is 1. The van der Waals surface area contributed by atoms with E-state index in [1.807, 2.05) is 48.5 Å². The minimum atomic E-state index is -1.12. The number of nitrogens with two attached hydrogens (primary N) is 1. The molecule has 44 heavy (non-hydrogen) atoms. The summed E-state index contributed by atoms with van der Waals surface area (Å²) in [5.74, 6) is -0.317. The predicted octanol–water partition coefficient (Wildman–Crippen LogP) is 6.29. The van der Waals surface area contributed by atoms with Crippen LogP contribution in [0.4, 0.5) is 5.69 Å². The van der Waals surface area contributed by atoms with Crippen molar-refractivity contribution in [2.24, 2.45) is 10.7 Å². The molecule has 1 fully saturated rings. The number of methoxy groups -OCH3 is 1. The lowest BCUT2D eigenvalue weighted by Crippen LogP contribution is -2.48. The molecule has 3 atom stereocenters. The first-order valence-corrected chi connectivity index (χ1v) is 15.5. The van der Waals surface area contributed by atoms with E-state index in [1.54, 1.807) is 12.4 Å². The second-order valence-electron chi connectivity index (χ2n) is 11.9. The van der Waals surface area contributed by atoms with Gasteiger partial charge in [0.25, 0.3) is 0 Å². The van der Waals surface area contributed by atoms with Crippen LogP contribution in [0.3, 0.4) is 0 Å². The van der Waals surface area contributed by atoms with E-state index in [1.165, 1.54) is 44.8 Å². The fourth-order valence-corrected chi connectivity index (χ4v) is 7.29. The van der Waals surface area contributed by atoms with Crippen LogP contribution in [0.15, 0.2) is 102 Å². The van der Waals surface area contributed by atoms with E-state index >= 15 is 0 Å². The Morgan fingerprint density at radius 2 is 1.80 bits per heavy atom. The lowest BCUT2D eigenvalue weighted by Gasteiger charge is -2.36. The molecule has 0 bridgehead atoms. The number of ether oxygens (including phenoxy) is 1. The molecule has 3 aromatic rings. The summed E-state index contributed by atoms with van der Waals surface area (Å²) in [6.45, 7) is 4.37. The monoisotopic (exact) mass is 608 g/mol. The number of hydrogen-bond donors (Lipinski definition) is 3. The second kappa shape index (κ2) is 12.2. The van der Waals surface area contributed by atoms with Crippen molar-refractivity contribution in [3.05, 3.63) is 124 Å². The van der Waals surface area contributed by atoms with Crippen molar-refractivity contribution >= 4 is 35.3 Å². The molecule has 2 aliphatic heterocycles. The zero-order valence-electron chi connectivity index (χ0n) is 24.8. The Kier molecular flexibility index (Phi) is 8.29. The van der Waals surface area contributed by atoms with Gasteiger partial charge in [-0.05, 0) is 65.6 Å². The summed E-state index contributed by atoms with van der Waals surface area (Å²) in [6.07, 6.45) is 9.64. The molecule has 0 spiro atoms. The number of fused-ring (bicyclic) bond motifs is 1. The van der Waals surface area contributed by atoms with Gasteiger partial charge in [-0.2, -0.15) is 0 Å². The molecule has 6 rings (SSSR count). The van der Waals surface area contributed by atoms with Crippen LogP contribution in [0.1, 0.15) is 66.7 Å². The van der Waals surface area contributed by atoms with Crippen molar-refractivity contribution in [3.8, 4) is 0 Å². The third-order valence-electron chi connectivity index (χ3n) is 9.47. The molecule has 8 heteroatoms. The fourth-order valence-electron chi connectivity index (χ4n) is 7.10. The van der Waals surface area contributed by atoms with E-state index in [9.17, 15) is 9.59 Å². The standard InChI is InChI=1S/C36H37ClN4O3/c1-23(35(20-31(38)34(43)44-2)22-39-32-14-7-6-13-29(32)35)33(42)30-21-40-41-36(30,27-11-8-12-28(37)19-27)26-17-15-25(16-18-26)24-9-4-3-5-10-24/h6-8,11-19,21-22,24,31,40-41H,1,3-5,9-10,20,38H2,2H3/t31-,35?,36?/m0/s1. The number of Topliss-reactive ketones (excluding diaryl/α,β-unsaturated/α-hetero) is 1. The lowest BCUT2D eigenvalue weighted by molar-refractivity contribution is -0.142. The number of para-hydroxylation sites is 1. The van der Waals surface area contributed by atoms with Gasteiger partial charge in [-0.25, -0.2) is 5.43 Å². The molecular weight excluding hydrogens is 572 g/mol. The fraction of sp³-hybridized carbons (Fsp3) is 0.306. The highest BCUT2D eigenvalue weighted by Crippen LogP contribution is 2.48. The maximum Gasteiger partial charge on any atom is 0.322 e. The summed E-state index contributed by atoms with van der Waals surface area (Å²) in [7, 11) is 1.30. The van der Waals surface area contributed by atoms with Gasteiger partial charge >= 0.3 is 5.97 Å². The molecule has 0 amide bonds. The van der Waals surface area contributed by atoms with Crippen LogP contribution >= 0.6 is 11.6 Å². The Hall–Kier alpha value is -4.04. The summed E-state index contributed by atoms with van der Waals surface area (Å²) in [4.78, 5) is 32.0. The van der Waals surface area contributed by atoms with Gasteiger partial charge in [0.15, 0.2) is 5.78 Å². The highest BCUT2D eigenvalue weighted by Gasteiger charge is 2.50. The molecule has 4 N–H and O–H groups in total. The quantitative estimate of drug-likeness (QED) is 0.195. The van der Waals surface area contributed by atoms with Crippen LogP contribution < -0.4 is 16.6 Å². The van der Waals surface area contributed by atoms with E-state index in [-0.39, 0.29) is 17.8 Å². The van der Waals surface area contributed by atoms with E-state index in [0.29, 0.717) is 22.2 Å². The van der Waals surface area contributed by atoms with Crippen LogP contribution in [0.25, 0.3) is 0 Å². The number of ketones is 1. The number of nitrogens with one attached hydrogen (secondary N) is 2. The van der Waals surface area contributed by atoms with Crippen LogP contribution in [0.5, 0.6) is 0 Å². The van der Waals surface area contributed by atoms with Gasteiger partial charge in [0, 0.05) is 28.6 Å². The van der Waals surface area contributed by atoms with Crippen molar-refractivity contribution in [2.75, 3.05) is 7.11 Å². The molecule has 1 saturated carbocycles. The first-order chi connectivity index (χ1) is 21.3. The average Bonchev–Trinajstić information content (AvgIpc) is 3.68. The first-order valence-electron chi connectivity index (χ1n) is 15.1. The number of benzene rings is 3. The maximum atomic E-state index is 14.8. The number of carbonyl (C=O) groups is 2. The van der Waals surface area contributed by atoms with E-state index < -0.39 is 23.0 Å². The molecule has 2 heterocycles. The summed E-state index contributed by atoms with van der Waals surface area (Å²) in [5, 5.41) is 0.553. The smallest absolute Gasteiger partial charge is 0.322 e. The molecule has 3 aliphatic rings. The van der Waals surface area contributed by atoms with E-state index in [0.717, 1.165) is 16.7 Å². The van der Waals surface area contributed by atoms with E-state index in [4.69, 9.17) is 22.1 Å². The molecule has 1 aliphatic carbocycles. The number of carbonyl (C=O) groups excluding carboxylic acids is 2. The number of nitrogens with zero attached hydrogens (tertiary/aromatic N) is 1. The van der Waals surface area contributed by atoms with Crippen molar-refractivity contribution in [1.29, 1.82) is 0 Å². The molecule has 226 valence electrons. The Labute approximate surface area is 263 Å². The molecule has 2 unspecified atom stereocenters. The Morgan fingerprint density at radius 3 is 2.52 bits per heavy atom. The van der Waals surface area contributed by atoms with Crippen molar-refractivity contribution in [3.63, 3.8) is 0 Å². The first kappa shape index (κ1) is 30.0. The molecule has 0 saturated heterocycles. The number of aliphatic imine (C=N–C) groups is 1. The number of rotatable bonds is 9. The van der Waals surface area contributed by atoms with Crippen LogP contribution in [-0.4, -0.2) is 31.1 Å². The van der Waals surface area contributed by atoms with Crippen molar-refractivity contribution in [1.82, 2.24) is 10.9 Å². The van der Waals surface area contributed by atoms with Crippen LogP contribution in [-0.2, 0) is 25.3 Å².